The van der Waals surface area contributed by atoms with Crippen molar-refractivity contribution in [3.8, 4) is 0 Å². The highest BCUT2D eigenvalue weighted by Crippen LogP contribution is 2.43. The number of amides is 1. The van der Waals surface area contributed by atoms with Crippen LogP contribution in [-0.4, -0.2) is 48.3 Å². The number of carbonyl (C=O) groups is 1. The molecule has 0 fully saturated rings. The lowest BCUT2D eigenvalue weighted by molar-refractivity contribution is -0.132. The van der Waals surface area contributed by atoms with Crippen LogP contribution in [0.15, 0.2) is 91.0 Å². The molecule has 0 radical (unpaired) electrons. The van der Waals surface area contributed by atoms with Crippen molar-refractivity contribution in [2.45, 2.75) is 38.6 Å². The van der Waals surface area contributed by atoms with E-state index in [1.807, 2.05) is 54.6 Å². The van der Waals surface area contributed by atoms with Crippen molar-refractivity contribution in [2.75, 3.05) is 19.8 Å². The zero-order valence-electron chi connectivity index (χ0n) is 20.6. The Morgan fingerprint density at radius 2 is 1.23 bits per heavy atom. The summed E-state index contributed by atoms with van der Waals surface area (Å²) in [7, 11) is 0. The van der Waals surface area contributed by atoms with Crippen LogP contribution >= 0.6 is 0 Å². The van der Waals surface area contributed by atoms with E-state index in [0.29, 0.717) is 0 Å². The number of ether oxygens (including phenoxy) is 2. The summed E-state index contributed by atoms with van der Waals surface area (Å²) in [6.45, 7) is 6.39. The molecule has 2 unspecified atom stereocenters. The number of hydrogen-bond acceptors (Lipinski definition) is 4. The van der Waals surface area contributed by atoms with Crippen molar-refractivity contribution in [3.63, 3.8) is 0 Å². The van der Waals surface area contributed by atoms with Gasteiger partial charge >= 0.3 is 6.09 Å². The Morgan fingerprint density at radius 1 is 0.800 bits per heavy atom. The summed E-state index contributed by atoms with van der Waals surface area (Å²) < 4.78 is 13.0. The summed E-state index contributed by atoms with van der Waals surface area (Å²) in [5.41, 5.74) is 1.80. The molecule has 0 aliphatic rings. The molecule has 2 atom stereocenters. The number of aliphatic hydroxyl groups excluding tert-OH is 1. The molecule has 0 heterocycles. The maximum Gasteiger partial charge on any atom is 0.404 e. The minimum absolute atomic E-state index is 0.00870. The lowest BCUT2D eigenvalue weighted by atomic mass is 9.79. The highest BCUT2D eigenvalue weighted by Gasteiger charge is 2.42. The molecular formula is C29H35NO5. The summed E-state index contributed by atoms with van der Waals surface area (Å²) in [6, 6.07) is 30.4. The summed E-state index contributed by atoms with van der Waals surface area (Å²) in [6.07, 6.45) is -2.49. The number of carboxylic acid groups (broad SMARTS) is 1. The van der Waals surface area contributed by atoms with Gasteiger partial charge in [0.15, 0.2) is 0 Å². The monoisotopic (exact) mass is 477 g/mol. The molecule has 0 aromatic heterocycles. The molecule has 0 saturated heterocycles. The number of aliphatic hydroxyl groups is 1. The van der Waals surface area contributed by atoms with E-state index in [2.05, 4.69) is 62.5 Å². The molecule has 35 heavy (non-hydrogen) atoms. The van der Waals surface area contributed by atoms with Crippen LogP contribution in [0.5, 0.6) is 0 Å². The van der Waals surface area contributed by atoms with E-state index < -0.39 is 17.8 Å². The van der Waals surface area contributed by atoms with Gasteiger partial charge in [0.2, 0.25) is 0 Å². The topological polar surface area (TPSA) is 88.0 Å². The molecule has 1 amide bonds. The van der Waals surface area contributed by atoms with Gasteiger partial charge in [-0.25, -0.2) is 4.79 Å². The van der Waals surface area contributed by atoms with Gasteiger partial charge in [-0.2, -0.15) is 0 Å². The Kier molecular flexibility index (Phi) is 9.04. The molecule has 3 N–H and O–H groups in total. The maximum absolute atomic E-state index is 10.7. The lowest BCUT2D eigenvalue weighted by Crippen LogP contribution is -2.44. The summed E-state index contributed by atoms with van der Waals surface area (Å²) in [5, 5.41) is 21.0. The number of rotatable bonds is 11. The molecule has 0 saturated carbocycles. The molecule has 3 aromatic rings. The number of hydrogen-bond donors (Lipinski definition) is 3. The van der Waals surface area contributed by atoms with Gasteiger partial charge < -0.3 is 25.0 Å². The third-order valence-electron chi connectivity index (χ3n) is 5.89. The van der Waals surface area contributed by atoms with E-state index in [1.54, 1.807) is 0 Å². The largest absolute Gasteiger partial charge is 0.465 e. The van der Waals surface area contributed by atoms with E-state index in [1.165, 1.54) is 0 Å². The van der Waals surface area contributed by atoms with E-state index >= 15 is 0 Å². The predicted octanol–water partition coefficient (Wildman–Crippen LogP) is 5.05. The van der Waals surface area contributed by atoms with Crippen molar-refractivity contribution in [2.24, 2.45) is 5.41 Å². The minimum atomic E-state index is -1.18. The Bertz CT molecular complexity index is 938. The average molecular weight is 478 g/mol. The first-order chi connectivity index (χ1) is 16.7. The van der Waals surface area contributed by atoms with E-state index in [0.717, 1.165) is 16.7 Å². The first kappa shape index (κ1) is 26.4. The third kappa shape index (κ3) is 6.92. The Balaban J connectivity index is 1.99. The van der Waals surface area contributed by atoms with Gasteiger partial charge in [-0.1, -0.05) is 112 Å². The molecule has 6 nitrogen and oxygen atoms in total. The molecule has 6 heteroatoms. The van der Waals surface area contributed by atoms with Crippen molar-refractivity contribution >= 4 is 6.09 Å². The molecule has 186 valence electrons. The first-order valence-electron chi connectivity index (χ1n) is 11.8. The fourth-order valence-corrected chi connectivity index (χ4v) is 3.97. The van der Waals surface area contributed by atoms with Crippen molar-refractivity contribution in [1.82, 2.24) is 5.32 Å². The molecule has 0 aliphatic heterocycles. The van der Waals surface area contributed by atoms with Crippen LogP contribution in [-0.2, 0) is 15.1 Å². The van der Waals surface area contributed by atoms with Gasteiger partial charge in [0, 0.05) is 6.54 Å². The van der Waals surface area contributed by atoms with Gasteiger partial charge in [-0.15, -0.1) is 0 Å². The summed E-state index contributed by atoms with van der Waals surface area (Å²) in [5.74, 6) is 0. The molecule has 0 aliphatic carbocycles. The van der Waals surface area contributed by atoms with Crippen molar-refractivity contribution in [1.29, 1.82) is 0 Å². The van der Waals surface area contributed by atoms with Crippen LogP contribution in [0.4, 0.5) is 4.79 Å². The second-order valence-electron chi connectivity index (χ2n) is 9.63. The van der Waals surface area contributed by atoms with E-state index in [4.69, 9.17) is 14.6 Å². The predicted molar refractivity (Wildman–Crippen MR) is 136 cm³/mol. The smallest absolute Gasteiger partial charge is 0.404 e. The average Bonchev–Trinajstić information content (AvgIpc) is 2.86. The van der Waals surface area contributed by atoms with Crippen LogP contribution in [0.2, 0.25) is 0 Å². The SMILES string of the molecule is CC(C)(C)C(COCC(O)CNC(=O)O)OC(c1ccccc1)(c1ccccc1)c1ccccc1. The van der Waals surface area contributed by atoms with Gasteiger partial charge in [0.1, 0.15) is 5.60 Å². The number of nitrogens with one attached hydrogen (secondary N) is 1. The third-order valence-corrected chi connectivity index (χ3v) is 5.89. The van der Waals surface area contributed by atoms with Crippen LogP contribution in [0.3, 0.4) is 0 Å². The maximum atomic E-state index is 10.7. The fraction of sp³-hybridized carbons (Fsp3) is 0.345. The standard InChI is InChI=1S/C29H35NO5/c1-28(2,3)26(21-34-20-25(31)19-30-27(32)33)35-29(22-13-7-4-8-14-22,23-15-9-5-10-16-23)24-17-11-6-12-18-24/h4-18,25-26,30-31H,19-21H2,1-3H3,(H,32,33). The fourth-order valence-electron chi connectivity index (χ4n) is 3.97. The second kappa shape index (κ2) is 12.0. The van der Waals surface area contributed by atoms with Gasteiger partial charge in [0.05, 0.1) is 25.4 Å². The molecular weight excluding hydrogens is 442 g/mol. The molecule has 0 spiro atoms. The first-order valence-corrected chi connectivity index (χ1v) is 11.8. The van der Waals surface area contributed by atoms with E-state index in [-0.39, 0.29) is 31.3 Å². The molecule has 3 rings (SSSR count). The highest BCUT2D eigenvalue weighted by atomic mass is 16.6. The van der Waals surface area contributed by atoms with Crippen LogP contribution in [0.25, 0.3) is 0 Å². The summed E-state index contributed by atoms with van der Waals surface area (Å²) >= 11 is 0. The Labute approximate surface area is 207 Å². The minimum Gasteiger partial charge on any atom is -0.465 e. The zero-order chi connectivity index (χ0) is 25.3. The van der Waals surface area contributed by atoms with Crippen LogP contribution in [0, 0.1) is 5.41 Å². The highest BCUT2D eigenvalue weighted by molar-refractivity contribution is 5.64. The van der Waals surface area contributed by atoms with Gasteiger partial charge in [-0.05, 0) is 22.1 Å². The van der Waals surface area contributed by atoms with Crippen molar-refractivity contribution < 1.29 is 24.5 Å². The van der Waals surface area contributed by atoms with Gasteiger partial charge in [0.25, 0.3) is 0 Å². The quantitative estimate of drug-likeness (QED) is 0.336. The normalized spacial score (nSPS) is 13.7. The van der Waals surface area contributed by atoms with E-state index in [9.17, 15) is 9.90 Å². The lowest BCUT2D eigenvalue weighted by Gasteiger charge is -2.43. The number of benzene rings is 3. The zero-order valence-corrected chi connectivity index (χ0v) is 20.6. The Morgan fingerprint density at radius 3 is 1.60 bits per heavy atom. The van der Waals surface area contributed by atoms with Crippen LogP contribution < -0.4 is 5.32 Å². The van der Waals surface area contributed by atoms with Crippen molar-refractivity contribution in [3.05, 3.63) is 108 Å². The second-order valence-corrected chi connectivity index (χ2v) is 9.63. The molecule has 3 aromatic carbocycles. The van der Waals surface area contributed by atoms with Crippen LogP contribution in [0.1, 0.15) is 37.5 Å². The molecule has 0 bridgehead atoms. The Hall–Kier alpha value is -3.19. The summed E-state index contributed by atoms with van der Waals surface area (Å²) in [4.78, 5) is 10.7. The van der Waals surface area contributed by atoms with Gasteiger partial charge in [-0.3, -0.25) is 0 Å².